The Bertz CT molecular complexity index is 1100. The number of benzene rings is 1. The number of amides is 1. The van der Waals surface area contributed by atoms with Crippen LogP contribution in [0.2, 0.25) is 25.7 Å². The summed E-state index contributed by atoms with van der Waals surface area (Å²) in [6.45, 7) is 10.8. The van der Waals surface area contributed by atoms with Gasteiger partial charge in [-0.05, 0) is 34.0 Å². The van der Waals surface area contributed by atoms with E-state index in [-0.39, 0.29) is 11.9 Å². The van der Waals surface area contributed by atoms with Gasteiger partial charge in [0.2, 0.25) is 0 Å². The SMILES string of the molecule is C[Si](C)(C)CCOCn1cc(C(=O)N[C@@H]2CCN(Cc3ccccc3)C2)c2nc(Br)cnc21. The third-order valence-electron chi connectivity index (χ3n) is 5.86. The largest absolute Gasteiger partial charge is 0.361 e. The molecule has 33 heavy (non-hydrogen) atoms. The van der Waals surface area contributed by atoms with Crippen molar-refractivity contribution in [1.82, 2.24) is 24.8 Å². The van der Waals surface area contributed by atoms with Crippen LogP contribution in [0.4, 0.5) is 0 Å². The summed E-state index contributed by atoms with van der Waals surface area (Å²) in [7, 11) is -1.16. The number of nitrogens with one attached hydrogen (secondary N) is 1. The van der Waals surface area contributed by atoms with Gasteiger partial charge >= 0.3 is 0 Å². The van der Waals surface area contributed by atoms with Crippen molar-refractivity contribution < 1.29 is 9.53 Å². The number of hydrogen-bond acceptors (Lipinski definition) is 5. The Morgan fingerprint density at radius 1 is 1.27 bits per heavy atom. The summed E-state index contributed by atoms with van der Waals surface area (Å²) in [5.74, 6) is -0.111. The number of hydrogen-bond donors (Lipinski definition) is 1. The van der Waals surface area contributed by atoms with Gasteiger partial charge in [0.1, 0.15) is 16.9 Å². The normalized spacial score (nSPS) is 17.0. The molecule has 9 heteroatoms. The summed E-state index contributed by atoms with van der Waals surface area (Å²) < 4.78 is 8.40. The maximum Gasteiger partial charge on any atom is 0.255 e. The number of nitrogens with zero attached hydrogens (tertiary/aromatic N) is 4. The van der Waals surface area contributed by atoms with E-state index >= 15 is 0 Å². The van der Waals surface area contributed by atoms with Gasteiger partial charge in [0.05, 0.1) is 11.8 Å². The summed E-state index contributed by atoms with van der Waals surface area (Å²) in [6, 6.07) is 11.7. The molecule has 0 radical (unpaired) electrons. The van der Waals surface area contributed by atoms with Gasteiger partial charge in [-0.1, -0.05) is 50.0 Å². The molecule has 1 fully saturated rings. The molecule has 1 aliphatic heterocycles. The Morgan fingerprint density at radius 2 is 2.06 bits per heavy atom. The Morgan fingerprint density at radius 3 is 2.82 bits per heavy atom. The van der Waals surface area contributed by atoms with Gasteiger partial charge in [0, 0.05) is 46.6 Å². The lowest BCUT2D eigenvalue weighted by atomic mass is 10.2. The molecule has 1 N–H and O–H groups in total. The molecule has 0 spiro atoms. The van der Waals surface area contributed by atoms with Crippen molar-refractivity contribution in [2.75, 3.05) is 19.7 Å². The lowest BCUT2D eigenvalue weighted by Gasteiger charge is -2.16. The van der Waals surface area contributed by atoms with Crippen LogP contribution in [0.25, 0.3) is 11.2 Å². The van der Waals surface area contributed by atoms with Crippen molar-refractivity contribution in [1.29, 1.82) is 0 Å². The Labute approximate surface area is 204 Å². The summed E-state index contributed by atoms with van der Waals surface area (Å²) in [4.78, 5) is 24.6. The molecule has 1 aliphatic rings. The molecule has 0 aliphatic carbocycles. The monoisotopic (exact) mass is 529 g/mol. The van der Waals surface area contributed by atoms with Crippen LogP contribution >= 0.6 is 15.9 Å². The predicted molar refractivity (Wildman–Crippen MR) is 137 cm³/mol. The van der Waals surface area contributed by atoms with Crippen LogP contribution in [0.3, 0.4) is 0 Å². The van der Waals surface area contributed by atoms with Crippen molar-refractivity contribution in [3.63, 3.8) is 0 Å². The zero-order valence-electron chi connectivity index (χ0n) is 19.6. The second-order valence-electron chi connectivity index (χ2n) is 9.91. The first kappa shape index (κ1) is 24.1. The lowest BCUT2D eigenvalue weighted by Crippen LogP contribution is -2.37. The first-order chi connectivity index (χ1) is 15.8. The molecule has 1 atom stereocenters. The maximum atomic E-state index is 13.2. The number of aromatic nitrogens is 3. The van der Waals surface area contributed by atoms with Crippen molar-refractivity contribution in [3.8, 4) is 0 Å². The van der Waals surface area contributed by atoms with E-state index in [1.165, 1.54) is 5.56 Å². The molecule has 1 saturated heterocycles. The van der Waals surface area contributed by atoms with E-state index in [4.69, 9.17) is 4.74 Å². The quantitative estimate of drug-likeness (QED) is 0.326. The lowest BCUT2D eigenvalue weighted by molar-refractivity contribution is 0.0890. The van der Waals surface area contributed by atoms with E-state index in [9.17, 15) is 4.79 Å². The number of carbonyl (C=O) groups is 1. The summed E-state index contributed by atoms with van der Waals surface area (Å²) in [5.41, 5.74) is 3.08. The van der Waals surface area contributed by atoms with Gasteiger partial charge in [-0.2, -0.15) is 0 Å². The maximum absolute atomic E-state index is 13.2. The fraction of sp³-hybridized carbons (Fsp3) is 0.458. The molecule has 7 nitrogen and oxygen atoms in total. The molecule has 3 heterocycles. The molecular weight excluding hydrogens is 498 g/mol. The van der Waals surface area contributed by atoms with Gasteiger partial charge in [0.15, 0.2) is 5.65 Å². The van der Waals surface area contributed by atoms with Gasteiger partial charge in [0.25, 0.3) is 5.91 Å². The van der Waals surface area contributed by atoms with E-state index in [2.05, 4.69) is 80.0 Å². The molecule has 1 aromatic carbocycles. The molecule has 3 aromatic rings. The average molecular weight is 531 g/mol. The Kier molecular flexibility index (Phi) is 7.63. The Hall–Kier alpha value is -2.07. The van der Waals surface area contributed by atoms with Crippen molar-refractivity contribution in [2.24, 2.45) is 0 Å². The number of ether oxygens (including phenoxy) is 1. The van der Waals surface area contributed by atoms with Crippen LogP contribution in [0, 0.1) is 0 Å². The Balaban J connectivity index is 1.41. The predicted octanol–water partition coefficient (Wildman–Crippen LogP) is 4.51. The zero-order valence-corrected chi connectivity index (χ0v) is 22.1. The summed E-state index contributed by atoms with van der Waals surface area (Å²) in [5, 5.41) is 3.21. The molecule has 0 unspecified atom stereocenters. The topological polar surface area (TPSA) is 72.3 Å². The van der Waals surface area contributed by atoms with Gasteiger partial charge < -0.3 is 14.6 Å². The number of halogens is 1. The number of carbonyl (C=O) groups excluding carboxylic acids is 1. The van der Waals surface area contributed by atoms with Crippen LogP contribution in [-0.2, 0) is 18.0 Å². The minimum Gasteiger partial charge on any atom is -0.361 e. The molecule has 4 rings (SSSR count). The highest BCUT2D eigenvalue weighted by Crippen LogP contribution is 2.21. The first-order valence-electron chi connectivity index (χ1n) is 11.4. The van der Waals surface area contributed by atoms with Crippen molar-refractivity contribution in [2.45, 2.75) is 51.4 Å². The van der Waals surface area contributed by atoms with Gasteiger partial charge in [-0.15, -0.1) is 0 Å². The number of likely N-dealkylation sites (tertiary alicyclic amines) is 1. The van der Waals surface area contributed by atoms with E-state index < -0.39 is 8.07 Å². The van der Waals surface area contributed by atoms with E-state index in [1.54, 1.807) is 6.20 Å². The number of fused-ring (bicyclic) bond motifs is 1. The molecule has 0 saturated carbocycles. The fourth-order valence-corrected chi connectivity index (χ4v) is 5.07. The zero-order chi connectivity index (χ0) is 23.4. The minimum absolute atomic E-state index is 0.111. The summed E-state index contributed by atoms with van der Waals surface area (Å²) in [6.07, 6.45) is 4.41. The average Bonchev–Trinajstić information content (AvgIpc) is 3.35. The first-order valence-corrected chi connectivity index (χ1v) is 15.9. The van der Waals surface area contributed by atoms with Crippen LogP contribution in [0.1, 0.15) is 22.3 Å². The smallest absolute Gasteiger partial charge is 0.255 e. The van der Waals surface area contributed by atoms with Gasteiger partial charge in [-0.3, -0.25) is 9.69 Å². The van der Waals surface area contributed by atoms with E-state index in [0.717, 1.165) is 32.1 Å². The second-order valence-corrected chi connectivity index (χ2v) is 16.3. The third kappa shape index (κ3) is 6.50. The third-order valence-corrected chi connectivity index (χ3v) is 7.95. The van der Waals surface area contributed by atoms with Crippen molar-refractivity contribution >= 4 is 41.1 Å². The molecular formula is C24H32BrN5O2Si. The fourth-order valence-electron chi connectivity index (χ4n) is 4.03. The van der Waals surface area contributed by atoms with E-state index in [1.807, 2.05) is 16.8 Å². The standard InChI is InChI=1S/C24H32BrN5O2Si/c1-33(2,3)12-11-32-17-30-16-20(22-23(30)26-13-21(25)28-22)24(31)27-19-9-10-29(15-19)14-18-7-5-4-6-8-18/h4-8,13,16,19H,9-12,14-15,17H2,1-3H3,(H,27,31)/t19-/m1/s1. The number of rotatable bonds is 9. The minimum atomic E-state index is -1.16. The highest BCUT2D eigenvalue weighted by molar-refractivity contribution is 9.10. The van der Waals surface area contributed by atoms with E-state index in [0.29, 0.717) is 34.7 Å². The summed E-state index contributed by atoms with van der Waals surface area (Å²) >= 11 is 3.39. The molecule has 176 valence electrons. The highest BCUT2D eigenvalue weighted by Gasteiger charge is 2.26. The molecule has 2 aromatic heterocycles. The van der Waals surface area contributed by atoms with Gasteiger partial charge in [-0.25, -0.2) is 9.97 Å². The molecule has 1 amide bonds. The van der Waals surface area contributed by atoms with Crippen LogP contribution in [0.15, 0.2) is 47.3 Å². The van der Waals surface area contributed by atoms with Crippen molar-refractivity contribution in [3.05, 3.63) is 58.5 Å². The molecule has 0 bridgehead atoms. The van der Waals surface area contributed by atoms with Crippen LogP contribution in [0.5, 0.6) is 0 Å². The second kappa shape index (κ2) is 10.5. The van der Waals surface area contributed by atoms with Crippen LogP contribution < -0.4 is 5.32 Å². The highest BCUT2D eigenvalue weighted by atomic mass is 79.9. The van der Waals surface area contributed by atoms with Crippen LogP contribution in [-0.4, -0.2) is 59.2 Å².